The molecule has 0 radical (unpaired) electrons. The van der Waals surface area contributed by atoms with E-state index < -0.39 is 5.82 Å². The summed E-state index contributed by atoms with van der Waals surface area (Å²) in [6.07, 6.45) is 5.53. The van der Waals surface area contributed by atoms with E-state index >= 15 is 0 Å². The van der Waals surface area contributed by atoms with Gasteiger partial charge in [0, 0.05) is 59.0 Å². The van der Waals surface area contributed by atoms with Crippen LogP contribution in [-0.4, -0.2) is 38.9 Å². The van der Waals surface area contributed by atoms with Gasteiger partial charge in [0.05, 0.1) is 21.4 Å². The highest BCUT2D eigenvalue weighted by Crippen LogP contribution is 2.44. The number of H-pyrrole nitrogens is 1. The number of hydrogen-bond acceptors (Lipinski definition) is 4. The van der Waals surface area contributed by atoms with Gasteiger partial charge in [0.1, 0.15) is 0 Å². The van der Waals surface area contributed by atoms with Crippen molar-refractivity contribution in [1.29, 1.82) is 0 Å². The van der Waals surface area contributed by atoms with Crippen LogP contribution in [0.15, 0.2) is 59.7 Å². The van der Waals surface area contributed by atoms with Crippen LogP contribution >= 0.6 is 23.2 Å². The van der Waals surface area contributed by atoms with Crippen molar-refractivity contribution in [2.75, 3.05) is 13.1 Å². The van der Waals surface area contributed by atoms with Crippen molar-refractivity contribution < 1.29 is 4.39 Å². The van der Waals surface area contributed by atoms with E-state index in [0.29, 0.717) is 16.3 Å². The third-order valence-electron chi connectivity index (χ3n) is 7.44. The predicted octanol–water partition coefficient (Wildman–Crippen LogP) is 11.0. The Kier molecular flexibility index (Phi) is 17.3. The van der Waals surface area contributed by atoms with Crippen molar-refractivity contribution in [2.45, 2.75) is 94.9 Å². The Bertz CT molecular complexity index is 1370. The molecule has 0 unspecified atom stereocenters. The summed E-state index contributed by atoms with van der Waals surface area (Å²) in [5.41, 5.74) is 7.18. The smallest absolute Gasteiger partial charge is 0.151 e. The molecule has 0 amide bonds. The van der Waals surface area contributed by atoms with Gasteiger partial charge >= 0.3 is 0 Å². The number of benzene rings is 1. The highest BCUT2D eigenvalue weighted by Gasteiger charge is 2.39. The van der Waals surface area contributed by atoms with E-state index in [0.717, 1.165) is 73.0 Å². The molecule has 2 aromatic heterocycles. The molecule has 44 heavy (non-hydrogen) atoms. The fourth-order valence-electron chi connectivity index (χ4n) is 4.99. The molecular formula is C36H52Cl2FN5. The topological polar surface area (TPSA) is 57.2 Å². The summed E-state index contributed by atoms with van der Waals surface area (Å²) in [7, 11) is 0. The van der Waals surface area contributed by atoms with Gasteiger partial charge in [-0.3, -0.25) is 15.1 Å². The molecule has 1 saturated heterocycles. The summed E-state index contributed by atoms with van der Waals surface area (Å²) in [5.74, 6) is -0.417. The molecule has 0 saturated carbocycles. The van der Waals surface area contributed by atoms with E-state index in [9.17, 15) is 4.39 Å². The maximum Gasteiger partial charge on any atom is 0.151 e. The number of piperidine rings is 1. The number of aliphatic imine (C=N–C) groups is 1. The van der Waals surface area contributed by atoms with Gasteiger partial charge < -0.3 is 4.90 Å². The minimum absolute atomic E-state index is 0.116. The molecule has 0 atom stereocenters. The van der Waals surface area contributed by atoms with Crippen molar-refractivity contribution in [3.63, 3.8) is 0 Å². The van der Waals surface area contributed by atoms with Crippen LogP contribution in [0.25, 0.3) is 5.70 Å². The number of rotatable bonds is 7. The zero-order valence-electron chi connectivity index (χ0n) is 28.4. The van der Waals surface area contributed by atoms with Crippen LogP contribution in [0.4, 0.5) is 4.39 Å². The second kappa shape index (κ2) is 19.4. The van der Waals surface area contributed by atoms with Gasteiger partial charge in [-0.2, -0.15) is 5.10 Å². The van der Waals surface area contributed by atoms with Crippen molar-refractivity contribution >= 4 is 34.6 Å². The monoisotopic (exact) mass is 643 g/mol. The Labute approximate surface area is 275 Å². The number of hydrogen-bond donors (Lipinski definition) is 1. The average molecular weight is 645 g/mol. The second-order valence-corrected chi connectivity index (χ2v) is 11.2. The summed E-state index contributed by atoms with van der Waals surface area (Å²) in [4.78, 5) is 11.9. The normalized spacial score (nSPS) is 14.3. The zero-order valence-corrected chi connectivity index (χ0v) is 29.9. The van der Waals surface area contributed by atoms with Crippen LogP contribution < -0.4 is 0 Å². The van der Waals surface area contributed by atoms with Crippen LogP contribution in [0.5, 0.6) is 0 Å². The van der Waals surface area contributed by atoms with Gasteiger partial charge in [-0.1, -0.05) is 76.5 Å². The number of halogens is 3. The third kappa shape index (κ3) is 10.9. The summed E-state index contributed by atoms with van der Waals surface area (Å²) >= 11 is 12.2. The number of aromatic nitrogens is 3. The lowest BCUT2D eigenvalue weighted by Crippen LogP contribution is -2.41. The molecule has 5 nitrogen and oxygen atoms in total. The van der Waals surface area contributed by atoms with Gasteiger partial charge in [0.25, 0.3) is 0 Å². The van der Waals surface area contributed by atoms with E-state index in [1.54, 1.807) is 18.2 Å². The van der Waals surface area contributed by atoms with Crippen molar-refractivity contribution in [3.05, 3.63) is 99.0 Å². The summed E-state index contributed by atoms with van der Waals surface area (Å²) in [6, 6.07) is 11.0. The maximum atomic E-state index is 14.6. The molecule has 3 heterocycles. The molecule has 4 rings (SSSR count). The number of aryl methyl sites for hydroxylation is 3. The van der Waals surface area contributed by atoms with E-state index in [1.807, 2.05) is 66.7 Å². The number of allylic oxidation sites excluding steroid dienone is 2. The molecule has 1 fully saturated rings. The third-order valence-corrected chi connectivity index (χ3v) is 8.13. The lowest BCUT2D eigenvalue weighted by Gasteiger charge is -2.44. The molecule has 8 heteroatoms. The van der Waals surface area contributed by atoms with Crippen LogP contribution in [0.2, 0.25) is 10.0 Å². The molecule has 1 aromatic carbocycles. The van der Waals surface area contributed by atoms with E-state index in [2.05, 4.69) is 48.5 Å². The van der Waals surface area contributed by atoms with E-state index in [-0.39, 0.29) is 10.4 Å². The van der Waals surface area contributed by atoms with Crippen molar-refractivity contribution in [3.8, 4) is 0 Å². The van der Waals surface area contributed by atoms with Crippen molar-refractivity contribution in [2.24, 2.45) is 10.4 Å². The highest BCUT2D eigenvalue weighted by molar-refractivity contribution is 6.31. The Hall–Kier alpha value is -2.96. The fraction of sp³-hybridized carbons (Fsp3) is 0.472. The Morgan fingerprint density at radius 3 is 2.18 bits per heavy atom. The maximum absolute atomic E-state index is 14.6. The van der Waals surface area contributed by atoms with Gasteiger partial charge in [0.15, 0.2) is 5.82 Å². The van der Waals surface area contributed by atoms with Crippen molar-refractivity contribution in [1.82, 2.24) is 20.1 Å². The Morgan fingerprint density at radius 2 is 1.70 bits per heavy atom. The number of nitrogens with zero attached hydrogens (tertiary/aromatic N) is 4. The van der Waals surface area contributed by atoms with Crippen LogP contribution in [0.1, 0.15) is 96.1 Å². The van der Waals surface area contributed by atoms with Gasteiger partial charge in [-0.15, -0.1) is 0 Å². The molecule has 1 aliphatic heterocycles. The Morgan fingerprint density at radius 1 is 1.07 bits per heavy atom. The number of likely N-dealkylation sites (tertiary alicyclic amines) is 1. The zero-order chi connectivity index (χ0) is 33.4. The average Bonchev–Trinajstić information content (AvgIpc) is 3.43. The van der Waals surface area contributed by atoms with Crippen LogP contribution in [0, 0.1) is 32.0 Å². The molecule has 242 valence electrons. The van der Waals surface area contributed by atoms with E-state index in [4.69, 9.17) is 33.2 Å². The number of aromatic amines is 1. The lowest BCUT2D eigenvalue weighted by atomic mass is 9.71. The molecule has 0 bridgehead atoms. The SMILES string of the molecule is C=C(c1cccc(Cl)c1F)N1CCC(Cc2ccc(Cl)c(C)n2)(/C(=C\C)N=C(C)CC)CC1.CC.CC.Cc1cc(C)[nH]n1. The first-order valence-electron chi connectivity index (χ1n) is 15.7. The standard InChI is InChI=1S/C27H32Cl2FN3.C5H8N2.2C2H6/c1-6-18(3)31-25(7-2)27(17-21-11-12-23(28)19(4)32-21)13-15-33(16-14-27)20(5)22-9-8-10-24(29)26(22)30;1-4-3-5(2)7-6-4;2*1-2/h7-12H,5-6,13-17H2,1-4H3;3H,1-2H3,(H,6,7);2*1-2H3/b25-7+,31-18?;;;. The molecule has 3 aromatic rings. The minimum atomic E-state index is -0.417. The number of pyridine rings is 1. The minimum Gasteiger partial charge on any atom is -0.371 e. The molecular weight excluding hydrogens is 592 g/mol. The fourth-order valence-corrected chi connectivity index (χ4v) is 5.27. The Balaban J connectivity index is 0.000000752. The first-order chi connectivity index (χ1) is 21.0. The number of nitrogens with one attached hydrogen (secondary N) is 1. The largest absolute Gasteiger partial charge is 0.371 e. The molecule has 0 aliphatic carbocycles. The van der Waals surface area contributed by atoms with Gasteiger partial charge in [-0.25, -0.2) is 4.39 Å². The summed E-state index contributed by atoms with van der Waals surface area (Å²) in [5, 5.41) is 7.50. The lowest BCUT2D eigenvalue weighted by molar-refractivity contribution is 0.174. The first-order valence-corrected chi connectivity index (χ1v) is 16.4. The molecule has 1 N–H and O–H groups in total. The van der Waals surface area contributed by atoms with Crippen LogP contribution in [-0.2, 0) is 6.42 Å². The highest BCUT2D eigenvalue weighted by atomic mass is 35.5. The second-order valence-electron chi connectivity index (χ2n) is 10.4. The predicted molar refractivity (Wildman–Crippen MR) is 189 cm³/mol. The van der Waals surface area contributed by atoms with Crippen LogP contribution in [0.3, 0.4) is 0 Å². The molecule has 0 spiro atoms. The molecule has 1 aliphatic rings. The quantitative estimate of drug-likeness (QED) is 0.260. The van der Waals surface area contributed by atoms with Gasteiger partial charge in [-0.05, 0) is 84.2 Å². The summed E-state index contributed by atoms with van der Waals surface area (Å²) < 4.78 is 14.6. The van der Waals surface area contributed by atoms with Gasteiger partial charge in [0.2, 0.25) is 0 Å². The van der Waals surface area contributed by atoms with E-state index in [1.165, 1.54) is 0 Å². The first kappa shape index (κ1) is 39.1. The summed E-state index contributed by atoms with van der Waals surface area (Å²) in [6.45, 7) is 25.8.